The second kappa shape index (κ2) is 11.2. The van der Waals surface area contributed by atoms with Crippen LogP contribution < -0.4 is 10.2 Å². The van der Waals surface area contributed by atoms with Gasteiger partial charge in [-0.25, -0.2) is 9.37 Å². The lowest BCUT2D eigenvalue weighted by atomic mass is 9.97. The van der Waals surface area contributed by atoms with Gasteiger partial charge in [0.25, 0.3) is 5.91 Å². The summed E-state index contributed by atoms with van der Waals surface area (Å²) in [6.45, 7) is 7.79. The zero-order valence-electron chi connectivity index (χ0n) is 20.7. The molecule has 36 heavy (non-hydrogen) atoms. The molecule has 1 saturated carbocycles. The second-order valence-corrected chi connectivity index (χ2v) is 11.1. The van der Waals surface area contributed by atoms with Crippen molar-refractivity contribution in [3.05, 3.63) is 57.5 Å². The van der Waals surface area contributed by atoms with Crippen LogP contribution in [-0.2, 0) is 6.54 Å². The molecule has 194 valence electrons. The third-order valence-electron chi connectivity index (χ3n) is 7.78. The average Bonchev–Trinajstić information content (AvgIpc) is 3.72. The van der Waals surface area contributed by atoms with Crippen molar-refractivity contribution >= 4 is 34.9 Å². The van der Waals surface area contributed by atoms with Crippen LogP contribution in [0.1, 0.15) is 48.5 Å². The van der Waals surface area contributed by atoms with Gasteiger partial charge in [0.15, 0.2) is 0 Å². The standard InChI is InChI=1S/C27H34Cl2FN5O/c1-2-31-27(36)20-13-23(29)26(32-15-20)34-11-12-35(25(17-34)18-3-4-18)22-7-9-33(10-8-22)16-19-5-6-21(28)14-24(19)30/h5-6,13-15,18,22,25H,2-4,7-12,16-17H2,1H3,(H,31,36). The summed E-state index contributed by atoms with van der Waals surface area (Å²) in [5, 5.41) is 3.77. The number of likely N-dealkylation sites (tertiary alicyclic amines) is 1. The number of nitrogens with zero attached hydrogens (tertiary/aromatic N) is 4. The third kappa shape index (κ3) is 5.80. The largest absolute Gasteiger partial charge is 0.353 e. The molecule has 1 N–H and O–H groups in total. The Morgan fingerprint density at radius 1 is 1.11 bits per heavy atom. The number of hydrogen-bond donors (Lipinski definition) is 1. The van der Waals surface area contributed by atoms with E-state index in [1.165, 1.54) is 18.9 Å². The molecule has 1 unspecified atom stereocenters. The van der Waals surface area contributed by atoms with E-state index in [4.69, 9.17) is 23.2 Å². The molecule has 6 nitrogen and oxygen atoms in total. The summed E-state index contributed by atoms with van der Waals surface area (Å²) in [6.07, 6.45) is 6.38. The van der Waals surface area contributed by atoms with E-state index in [2.05, 4.69) is 25.0 Å². The maximum Gasteiger partial charge on any atom is 0.252 e. The van der Waals surface area contributed by atoms with Crippen molar-refractivity contribution in [2.75, 3.05) is 44.2 Å². The van der Waals surface area contributed by atoms with Gasteiger partial charge in [0, 0.05) is 61.6 Å². The van der Waals surface area contributed by atoms with Crippen molar-refractivity contribution in [3.8, 4) is 0 Å². The van der Waals surface area contributed by atoms with E-state index in [1.54, 1.807) is 24.4 Å². The molecular weight excluding hydrogens is 500 g/mol. The number of amides is 1. The van der Waals surface area contributed by atoms with E-state index in [0.29, 0.717) is 46.3 Å². The predicted octanol–water partition coefficient (Wildman–Crippen LogP) is 4.84. The zero-order chi connectivity index (χ0) is 25.2. The normalized spacial score (nSPS) is 22.1. The molecule has 1 aromatic heterocycles. The topological polar surface area (TPSA) is 51.7 Å². The molecule has 2 aliphatic heterocycles. The molecule has 5 rings (SSSR count). The second-order valence-electron chi connectivity index (χ2n) is 10.2. The highest BCUT2D eigenvalue weighted by Gasteiger charge is 2.42. The minimum absolute atomic E-state index is 0.149. The first-order valence-corrected chi connectivity index (χ1v) is 13.8. The van der Waals surface area contributed by atoms with Crippen molar-refractivity contribution in [2.45, 2.75) is 51.2 Å². The smallest absolute Gasteiger partial charge is 0.252 e. The highest BCUT2D eigenvalue weighted by atomic mass is 35.5. The van der Waals surface area contributed by atoms with Crippen LogP contribution in [0.2, 0.25) is 10.0 Å². The molecule has 3 fully saturated rings. The van der Waals surface area contributed by atoms with E-state index in [9.17, 15) is 9.18 Å². The summed E-state index contributed by atoms with van der Waals surface area (Å²) in [7, 11) is 0. The number of aromatic nitrogens is 1. The van der Waals surface area contributed by atoms with Crippen molar-refractivity contribution < 1.29 is 9.18 Å². The quantitative estimate of drug-likeness (QED) is 0.551. The Labute approximate surface area is 222 Å². The summed E-state index contributed by atoms with van der Waals surface area (Å²) in [5.41, 5.74) is 1.21. The van der Waals surface area contributed by atoms with Gasteiger partial charge in [0.2, 0.25) is 0 Å². The fraction of sp³-hybridized carbons (Fsp3) is 0.556. The predicted molar refractivity (Wildman–Crippen MR) is 142 cm³/mol. The van der Waals surface area contributed by atoms with E-state index >= 15 is 0 Å². The van der Waals surface area contributed by atoms with Crippen LogP contribution in [0.15, 0.2) is 30.5 Å². The maximum atomic E-state index is 14.3. The van der Waals surface area contributed by atoms with Gasteiger partial charge in [-0.1, -0.05) is 29.3 Å². The Morgan fingerprint density at radius 3 is 2.56 bits per heavy atom. The first kappa shape index (κ1) is 25.7. The molecule has 2 aromatic rings. The molecule has 0 bridgehead atoms. The van der Waals surface area contributed by atoms with Crippen molar-refractivity contribution in [3.63, 3.8) is 0 Å². The molecule has 1 aromatic carbocycles. The summed E-state index contributed by atoms with van der Waals surface area (Å²) < 4.78 is 14.3. The molecular formula is C27H34Cl2FN5O. The number of rotatable bonds is 7. The van der Waals surface area contributed by atoms with Crippen LogP contribution in [0.25, 0.3) is 0 Å². The highest BCUT2D eigenvalue weighted by Crippen LogP contribution is 2.40. The minimum atomic E-state index is -0.221. The number of hydrogen-bond acceptors (Lipinski definition) is 5. The Balaban J connectivity index is 1.20. The summed E-state index contributed by atoms with van der Waals surface area (Å²) >= 11 is 12.5. The van der Waals surface area contributed by atoms with Gasteiger partial charge in [-0.2, -0.15) is 0 Å². The fourth-order valence-corrected chi connectivity index (χ4v) is 6.17. The third-order valence-corrected chi connectivity index (χ3v) is 8.30. The van der Waals surface area contributed by atoms with E-state index in [1.807, 2.05) is 6.92 Å². The van der Waals surface area contributed by atoms with Crippen molar-refractivity contribution in [2.24, 2.45) is 5.92 Å². The van der Waals surface area contributed by atoms with Crippen LogP contribution in [0.3, 0.4) is 0 Å². The number of nitrogens with one attached hydrogen (secondary N) is 1. The lowest BCUT2D eigenvalue weighted by molar-refractivity contribution is 0.0539. The lowest BCUT2D eigenvalue weighted by Gasteiger charge is -2.48. The Morgan fingerprint density at radius 2 is 1.89 bits per heavy atom. The molecule has 1 amide bonds. The average molecular weight is 535 g/mol. The van der Waals surface area contributed by atoms with Gasteiger partial charge in [0.05, 0.1) is 10.6 Å². The van der Waals surface area contributed by atoms with Gasteiger partial charge >= 0.3 is 0 Å². The fourth-order valence-electron chi connectivity index (χ4n) is 5.72. The van der Waals surface area contributed by atoms with E-state index in [-0.39, 0.29) is 11.7 Å². The molecule has 1 atom stereocenters. The SMILES string of the molecule is CCNC(=O)c1cnc(N2CCN(C3CCN(Cc4ccc(Cl)cc4F)CC3)C(C3CC3)C2)c(Cl)c1. The number of carbonyl (C=O) groups excluding carboxylic acids is 1. The first-order chi connectivity index (χ1) is 17.4. The molecule has 3 aliphatic rings. The van der Waals surface area contributed by atoms with Crippen LogP contribution in [0.5, 0.6) is 0 Å². The van der Waals surface area contributed by atoms with Crippen LogP contribution in [0, 0.1) is 11.7 Å². The van der Waals surface area contributed by atoms with Gasteiger partial charge in [-0.3, -0.25) is 14.6 Å². The Hall–Kier alpha value is -1.93. The molecule has 2 saturated heterocycles. The number of piperazine rings is 1. The van der Waals surface area contributed by atoms with Gasteiger partial charge in [0.1, 0.15) is 11.6 Å². The summed E-state index contributed by atoms with van der Waals surface area (Å²) in [4.78, 5) is 24.1. The minimum Gasteiger partial charge on any atom is -0.353 e. The lowest BCUT2D eigenvalue weighted by Crippen LogP contribution is -2.59. The molecule has 3 heterocycles. The summed E-state index contributed by atoms with van der Waals surface area (Å²) in [6, 6.07) is 7.73. The number of piperidine rings is 1. The number of anilines is 1. The molecule has 9 heteroatoms. The van der Waals surface area contributed by atoms with Crippen molar-refractivity contribution in [1.29, 1.82) is 0 Å². The Kier molecular flexibility index (Phi) is 8.01. The van der Waals surface area contributed by atoms with E-state index < -0.39 is 0 Å². The van der Waals surface area contributed by atoms with Crippen molar-refractivity contribution in [1.82, 2.24) is 20.1 Å². The van der Waals surface area contributed by atoms with Crippen LogP contribution >= 0.6 is 23.2 Å². The molecule has 1 aliphatic carbocycles. The summed E-state index contributed by atoms with van der Waals surface area (Å²) in [5.74, 6) is 1.13. The number of benzene rings is 1. The maximum absolute atomic E-state index is 14.3. The van der Waals surface area contributed by atoms with Gasteiger partial charge < -0.3 is 10.2 Å². The van der Waals surface area contributed by atoms with Crippen LogP contribution in [0.4, 0.5) is 10.2 Å². The number of carbonyl (C=O) groups is 1. The number of halogens is 3. The highest BCUT2D eigenvalue weighted by molar-refractivity contribution is 6.33. The van der Waals surface area contributed by atoms with Gasteiger partial charge in [-0.15, -0.1) is 0 Å². The molecule has 0 spiro atoms. The van der Waals surface area contributed by atoms with Crippen LogP contribution in [-0.4, -0.2) is 72.0 Å². The molecule has 0 radical (unpaired) electrons. The Bertz CT molecular complexity index is 1090. The zero-order valence-corrected chi connectivity index (χ0v) is 22.2. The first-order valence-electron chi connectivity index (χ1n) is 13.0. The van der Waals surface area contributed by atoms with E-state index in [0.717, 1.165) is 57.3 Å². The van der Waals surface area contributed by atoms with Gasteiger partial charge in [-0.05, 0) is 69.8 Å². The monoisotopic (exact) mass is 533 g/mol. The number of pyridine rings is 1.